The van der Waals surface area contributed by atoms with Crippen LogP contribution >= 0.6 is 27.3 Å². The summed E-state index contributed by atoms with van der Waals surface area (Å²) in [7, 11) is 1.88. The zero-order valence-corrected chi connectivity index (χ0v) is 12.8. The lowest BCUT2D eigenvalue weighted by Gasteiger charge is -2.25. The van der Waals surface area contributed by atoms with Crippen LogP contribution in [0.3, 0.4) is 0 Å². The highest BCUT2D eigenvalue weighted by molar-refractivity contribution is 9.10. The number of nitrogens with zero attached hydrogens (tertiary/aromatic N) is 2. The second kappa shape index (κ2) is 6.27. The molecule has 0 radical (unpaired) electrons. The summed E-state index contributed by atoms with van der Waals surface area (Å²) in [5.74, 6) is -0.356. The molecule has 2 N–H and O–H groups in total. The number of benzene rings is 1. The van der Waals surface area contributed by atoms with Gasteiger partial charge in [-0.1, -0.05) is 28.1 Å². The molecule has 1 aromatic carbocycles. The predicted octanol–water partition coefficient (Wildman–Crippen LogP) is 2.56. The van der Waals surface area contributed by atoms with Crippen LogP contribution in [0.15, 0.2) is 40.4 Å². The maximum Gasteiger partial charge on any atom is 0.239 e. The van der Waals surface area contributed by atoms with Gasteiger partial charge in [0.25, 0.3) is 0 Å². The van der Waals surface area contributed by atoms with Crippen molar-refractivity contribution in [3.63, 3.8) is 0 Å². The number of aromatic nitrogens is 1. The first-order valence-corrected chi connectivity index (χ1v) is 7.37. The van der Waals surface area contributed by atoms with Crippen molar-refractivity contribution in [2.45, 2.75) is 12.6 Å². The Hall–Kier alpha value is -1.24. The third-order valence-electron chi connectivity index (χ3n) is 2.76. The van der Waals surface area contributed by atoms with Gasteiger partial charge in [-0.05, 0) is 24.7 Å². The summed E-state index contributed by atoms with van der Waals surface area (Å²) in [6.07, 6.45) is 1.81. The number of rotatable bonds is 5. The van der Waals surface area contributed by atoms with Crippen LogP contribution in [0.25, 0.3) is 0 Å². The third-order valence-corrected chi connectivity index (χ3v) is 4.02. The van der Waals surface area contributed by atoms with Crippen LogP contribution in [0.5, 0.6) is 0 Å². The summed E-state index contributed by atoms with van der Waals surface area (Å²) in [4.78, 5) is 18.8. The molecule has 0 bridgehead atoms. The molecule has 0 saturated carbocycles. The topological polar surface area (TPSA) is 59.2 Å². The van der Waals surface area contributed by atoms with E-state index in [-0.39, 0.29) is 5.91 Å². The molecule has 0 saturated heterocycles. The summed E-state index contributed by atoms with van der Waals surface area (Å²) in [5.41, 5.74) is 8.20. The Bertz CT molecular complexity index is 559. The Morgan fingerprint density at radius 3 is 2.95 bits per heavy atom. The fraction of sp³-hybridized carbons (Fsp3) is 0.231. The van der Waals surface area contributed by atoms with Crippen LogP contribution in [0, 0.1) is 0 Å². The number of thiazole rings is 1. The van der Waals surface area contributed by atoms with E-state index >= 15 is 0 Å². The molecule has 1 amide bonds. The Balaban J connectivity index is 2.22. The van der Waals surface area contributed by atoms with Crippen LogP contribution in [0.4, 0.5) is 0 Å². The van der Waals surface area contributed by atoms with Crippen molar-refractivity contribution < 1.29 is 4.79 Å². The highest BCUT2D eigenvalue weighted by atomic mass is 79.9. The summed E-state index contributed by atoms with van der Waals surface area (Å²) in [6, 6.07) is 7.20. The van der Waals surface area contributed by atoms with Crippen molar-refractivity contribution in [1.82, 2.24) is 9.88 Å². The van der Waals surface area contributed by atoms with Crippen molar-refractivity contribution in [1.29, 1.82) is 0 Å². The van der Waals surface area contributed by atoms with E-state index in [1.165, 1.54) is 0 Å². The molecule has 0 unspecified atom stereocenters. The first-order chi connectivity index (χ1) is 9.08. The van der Waals surface area contributed by atoms with Gasteiger partial charge >= 0.3 is 0 Å². The number of likely N-dealkylation sites (N-methyl/N-ethyl adjacent to an activating group) is 1. The molecule has 0 aliphatic rings. The molecular weight excluding hydrogens is 326 g/mol. The molecule has 1 aromatic heterocycles. The summed E-state index contributed by atoms with van der Waals surface area (Å²) in [6.45, 7) is 0.644. The van der Waals surface area contributed by atoms with Gasteiger partial charge in [-0.25, -0.2) is 0 Å². The Morgan fingerprint density at radius 2 is 2.37 bits per heavy atom. The van der Waals surface area contributed by atoms with E-state index in [2.05, 4.69) is 20.9 Å². The minimum absolute atomic E-state index is 0.356. The molecule has 100 valence electrons. The van der Waals surface area contributed by atoms with Crippen molar-refractivity contribution in [3.05, 3.63) is 50.9 Å². The number of carbonyl (C=O) groups is 1. The standard InChI is InChI=1S/C13H14BrN3OS/c1-17(7-11-6-16-8-19-11)12(13(15)18)9-3-2-4-10(14)5-9/h2-6,8,12H,7H2,1H3,(H2,15,18)/t12-/m0/s1. The number of amides is 1. The lowest BCUT2D eigenvalue weighted by atomic mass is 10.1. The quantitative estimate of drug-likeness (QED) is 0.910. The van der Waals surface area contributed by atoms with Gasteiger partial charge in [-0.3, -0.25) is 14.7 Å². The maximum absolute atomic E-state index is 11.7. The van der Waals surface area contributed by atoms with Crippen molar-refractivity contribution >= 4 is 33.2 Å². The fourth-order valence-corrected chi connectivity index (χ4v) is 3.04. The third kappa shape index (κ3) is 3.62. The van der Waals surface area contributed by atoms with Crippen LogP contribution in [-0.2, 0) is 11.3 Å². The predicted molar refractivity (Wildman–Crippen MR) is 79.7 cm³/mol. The number of hydrogen-bond donors (Lipinski definition) is 1. The van der Waals surface area contributed by atoms with Gasteiger partial charge in [0.1, 0.15) is 6.04 Å². The Morgan fingerprint density at radius 1 is 1.58 bits per heavy atom. The van der Waals surface area contributed by atoms with Crippen LogP contribution in [0.2, 0.25) is 0 Å². The molecule has 0 spiro atoms. The maximum atomic E-state index is 11.7. The SMILES string of the molecule is CN(Cc1cncs1)[C@H](C(N)=O)c1cccc(Br)c1. The van der Waals surface area contributed by atoms with E-state index in [0.29, 0.717) is 6.54 Å². The molecular formula is C13H14BrN3OS. The first kappa shape index (κ1) is 14.2. The molecule has 0 aliphatic carbocycles. The van der Waals surface area contributed by atoms with E-state index in [4.69, 9.17) is 5.73 Å². The molecule has 2 aromatic rings. The molecule has 2 rings (SSSR count). The number of primary amides is 1. The van der Waals surface area contributed by atoms with Gasteiger partial charge in [-0.2, -0.15) is 0 Å². The van der Waals surface area contributed by atoms with Crippen molar-refractivity contribution in [3.8, 4) is 0 Å². The van der Waals surface area contributed by atoms with Crippen LogP contribution in [-0.4, -0.2) is 22.8 Å². The zero-order chi connectivity index (χ0) is 13.8. The minimum Gasteiger partial charge on any atom is -0.368 e. The lowest BCUT2D eigenvalue weighted by molar-refractivity contribution is -0.123. The van der Waals surface area contributed by atoms with E-state index in [9.17, 15) is 4.79 Å². The molecule has 0 aliphatic heterocycles. The van der Waals surface area contributed by atoms with Gasteiger partial charge < -0.3 is 5.73 Å². The van der Waals surface area contributed by atoms with E-state index in [1.54, 1.807) is 23.0 Å². The summed E-state index contributed by atoms with van der Waals surface area (Å²) in [5, 5.41) is 0. The van der Waals surface area contributed by atoms with Gasteiger partial charge in [-0.15, -0.1) is 11.3 Å². The van der Waals surface area contributed by atoms with Crippen LogP contribution < -0.4 is 5.73 Å². The summed E-state index contributed by atoms with van der Waals surface area (Å²) < 4.78 is 0.933. The fourth-order valence-electron chi connectivity index (χ4n) is 1.97. The average molecular weight is 340 g/mol. The highest BCUT2D eigenvalue weighted by Crippen LogP contribution is 2.24. The summed E-state index contributed by atoms with van der Waals surface area (Å²) >= 11 is 4.98. The van der Waals surface area contributed by atoms with Crippen LogP contribution in [0.1, 0.15) is 16.5 Å². The molecule has 0 fully saturated rings. The number of carbonyl (C=O) groups excluding carboxylic acids is 1. The molecule has 1 atom stereocenters. The lowest BCUT2D eigenvalue weighted by Crippen LogP contribution is -2.34. The largest absolute Gasteiger partial charge is 0.368 e. The average Bonchev–Trinajstić information content (AvgIpc) is 2.81. The highest BCUT2D eigenvalue weighted by Gasteiger charge is 2.23. The molecule has 19 heavy (non-hydrogen) atoms. The second-order valence-corrected chi connectivity index (χ2v) is 6.13. The first-order valence-electron chi connectivity index (χ1n) is 5.70. The monoisotopic (exact) mass is 339 g/mol. The Kier molecular flexibility index (Phi) is 4.68. The van der Waals surface area contributed by atoms with Gasteiger partial charge in [0.05, 0.1) is 5.51 Å². The zero-order valence-electron chi connectivity index (χ0n) is 10.4. The Labute approximate surface area is 124 Å². The normalized spacial score (nSPS) is 12.6. The number of halogens is 1. The van der Waals surface area contributed by atoms with Gasteiger partial charge in [0.2, 0.25) is 5.91 Å². The van der Waals surface area contributed by atoms with Gasteiger partial charge in [0, 0.05) is 22.1 Å². The molecule has 6 heteroatoms. The van der Waals surface area contributed by atoms with Crippen molar-refractivity contribution in [2.24, 2.45) is 5.73 Å². The number of hydrogen-bond acceptors (Lipinski definition) is 4. The van der Waals surface area contributed by atoms with E-state index in [1.807, 2.05) is 36.2 Å². The van der Waals surface area contributed by atoms with Crippen molar-refractivity contribution in [2.75, 3.05) is 7.05 Å². The smallest absolute Gasteiger partial charge is 0.239 e. The number of nitrogens with two attached hydrogens (primary N) is 1. The second-order valence-electron chi connectivity index (χ2n) is 4.24. The molecule has 1 heterocycles. The minimum atomic E-state index is -0.445. The molecule has 4 nitrogen and oxygen atoms in total. The van der Waals surface area contributed by atoms with E-state index in [0.717, 1.165) is 14.9 Å². The van der Waals surface area contributed by atoms with Gasteiger partial charge in [0.15, 0.2) is 0 Å². The van der Waals surface area contributed by atoms with E-state index < -0.39 is 6.04 Å².